The fraction of sp³-hybridized carbons (Fsp3) is 0.207. The molecule has 2 aromatic carbocycles. The largest absolute Gasteiger partial charge is 0.339 e. The van der Waals surface area contributed by atoms with E-state index in [-0.39, 0.29) is 40.0 Å². The number of aliphatic imine (C=N–C) groups is 1. The molecule has 190 valence electrons. The lowest BCUT2D eigenvalue weighted by Crippen LogP contribution is -2.58. The smallest absolute Gasteiger partial charge is 0.267 e. The Morgan fingerprint density at radius 1 is 1.13 bits per heavy atom. The summed E-state index contributed by atoms with van der Waals surface area (Å²) >= 11 is 0. The van der Waals surface area contributed by atoms with Gasteiger partial charge in [0.25, 0.3) is 5.56 Å². The highest BCUT2D eigenvalue weighted by Gasteiger charge is 2.34. The number of hydrogen-bond acceptors (Lipinski definition) is 6. The predicted molar refractivity (Wildman–Crippen MR) is 144 cm³/mol. The Balaban J connectivity index is 1.47. The second-order valence-corrected chi connectivity index (χ2v) is 9.53. The number of hydrogen-bond donors (Lipinski definition) is 2. The summed E-state index contributed by atoms with van der Waals surface area (Å²) in [5.74, 6) is -0.0574. The number of fused-ring (bicyclic) bond motifs is 3. The molecule has 3 heterocycles. The van der Waals surface area contributed by atoms with Gasteiger partial charge >= 0.3 is 0 Å². The molecule has 2 aromatic heterocycles. The van der Waals surface area contributed by atoms with Gasteiger partial charge in [0.15, 0.2) is 0 Å². The van der Waals surface area contributed by atoms with Gasteiger partial charge in [-0.05, 0) is 43.0 Å². The van der Waals surface area contributed by atoms with Crippen LogP contribution in [-0.2, 0) is 7.05 Å². The van der Waals surface area contributed by atoms with Crippen molar-refractivity contribution < 1.29 is 4.39 Å². The van der Waals surface area contributed by atoms with Crippen molar-refractivity contribution in [2.24, 2.45) is 17.0 Å². The van der Waals surface area contributed by atoms with Crippen LogP contribution in [0.3, 0.4) is 0 Å². The summed E-state index contributed by atoms with van der Waals surface area (Å²) in [6, 6.07) is 19.7. The fourth-order valence-corrected chi connectivity index (χ4v) is 5.20. The van der Waals surface area contributed by atoms with Gasteiger partial charge in [0, 0.05) is 36.8 Å². The van der Waals surface area contributed by atoms with Gasteiger partial charge in [-0.15, -0.1) is 0 Å². The second kappa shape index (κ2) is 9.66. The SMILES string of the molecule is Cn1c(=O)/c(=C(/N=Cc2ccc(-c3cc(F)ccn3)cc2)Nc2ccccc2)c(=N)n2c1=N[C@@H]1CCC[C@@H]12. The van der Waals surface area contributed by atoms with Crippen LogP contribution in [0.25, 0.3) is 17.1 Å². The van der Waals surface area contributed by atoms with Crippen molar-refractivity contribution in [3.63, 3.8) is 0 Å². The van der Waals surface area contributed by atoms with E-state index in [1.807, 2.05) is 59.2 Å². The van der Waals surface area contributed by atoms with E-state index in [0.717, 1.165) is 36.1 Å². The highest BCUT2D eigenvalue weighted by atomic mass is 19.1. The number of aromatic nitrogens is 3. The van der Waals surface area contributed by atoms with E-state index in [1.165, 1.54) is 22.9 Å². The first-order valence-electron chi connectivity index (χ1n) is 12.6. The molecular weight excluding hydrogens is 481 g/mol. The van der Waals surface area contributed by atoms with E-state index in [9.17, 15) is 9.18 Å². The molecule has 4 aromatic rings. The molecule has 0 radical (unpaired) electrons. The van der Waals surface area contributed by atoms with Crippen LogP contribution in [0.1, 0.15) is 30.9 Å². The van der Waals surface area contributed by atoms with Gasteiger partial charge in [0.05, 0.1) is 17.8 Å². The first-order chi connectivity index (χ1) is 18.5. The molecule has 0 saturated heterocycles. The van der Waals surface area contributed by atoms with Crippen molar-refractivity contribution in [2.75, 3.05) is 5.32 Å². The Bertz CT molecular complexity index is 1790. The first kappa shape index (κ1) is 23.7. The van der Waals surface area contributed by atoms with Crippen molar-refractivity contribution in [1.82, 2.24) is 14.1 Å². The third kappa shape index (κ3) is 4.26. The van der Waals surface area contributed by atoms with Crippen molar-refractivity contribution >= 4 is 17.7 Å². The lowest BCUT2D eigenvalue weighted by molar-refractivity contribution is 0.465. The number of pyridine rings is 1. The quantitative estimate of drug-likeness (QED) is 0.406. The molecule has 0 spiro atoms. The Morgan fingerprint density at radius 3 is 2.68 bits per heavy atom. The topological polar surface area (TPSA) is 100 Å². The number of benzene rings is 2. The molecule has 1 aliphatic carbocycles. The predicted octanol–water partition coefficient (Wildman–Crippen LogP) is 2.89. The van der Waals surface area contributed by atoms with Gasteiger partial charge in [-0.1, -0.05) is 42.5 Å². The number of anilines is 1. The average molecular weight is 508 g/mol. The van der Waals surface area contributed by atoms with Crippen LogP contribution in [0.2, 0.25) is 0 Å². The van der Waals surface area contributed by atoms with Gasteiger partial charge in [0.2, 0.25) is 5.62 Å². The Morgan fingerprint density at radius 2 is 1.92 bits per heavy atom. The maximum Gasteiger partial charge on any atom is 0.267 e. The van der Waals surface area contributed by atoms with Crippen LogP contribution in [0.5, 0.6) is 0 Å². The van der Waals surface area contributed by atoms with Crippen LogP contribution in [0, 0.1) is 11.2 Å². The Hall–Kier alpha value is -4.66. The summed E-state index contributed by atoms with van der Waals surface area (Å²) in [5.41, 5.74) is 3.18. The number of nitrogens with zero attached hydrogens (tertiary/aromatic N) is 5. The van der Waals surface area contributed by atoms with Gasteiger partial charge < -0.3 is 5.32 Å². The van der Waals surface area contributed by atoms with Gasteiger partial charge in [-0.3, -0.25) is 24.3 Å². The molecule has 2 atom stereocenters. The minimum absolute atomic E-state index is 0.0916. The van der Waals surface area contributed by atoms with Crippen molar-refractivity contribution in [3.05, 3.63) is 111 Å². The van der Waals surface area contributed by atoms with E-state index >= 15 is 0 Å². The van der Waals surface area contributed by atoms with E-state index in [4.69, 9.17) is 10.4 Å². The molecule has 1 saturated carbocycles. The molecule has 1 fully saturated rings. The standard InChI is InChI=1S/C29H26FN7O/c1-36-28(38)25(26(31)37-24-9-5-8-22(24)35-29(36)37)27(34-21-6-3-2-4-7-21)33-17-18-10-12-19(13-11-18)23-16-20(30)14-15-32-23/h2-4,6-7,10-17,22,24,31,34H,5,8-9H2,1H3/b27-25-,31-26?,33-17?/t22-,24+/m1/s1. The summed E-state index contributed by atoms with van der Waals surface area (Å²) in [6.07, 6.45) is 6.04. The molecule has 1 aliphatic heterocycles. The summed E-state index contributed by atoms with van der Waals surface area (Å²) in [4.78, 5) is 27.2. The molecular formula is C29H26FN7O. The Labute approximate surface area is 217 Å². The molecule has 9 heteroatoms. The Kier molecular flexibility index (Phi) is 6.03. The van der Waals surface area contributed by atoms with E-state index in [1.54, 1.807) is 13.3 Å². The van der Waals surface area contributed by atoms with Gasteiger partial charge in [-0.25, -0.2) is 14.4 Å². The van der Waals surface area contributed by atoms with Crippen LogP contribution >= 0.6 is 0 Å². The molecule has 8 nitrogen and oxygen atoms in total. The molecule has 2 N–H and O–H groups in total. The van der Waals surface area contributed by atoms with E-state index < -0.39 is 0 Å². The van der Waals surface area contributed by atoms with Crippen LogP contribution in [0.15, 0.2) is 87.7 Å². The molecule has 0 bridgehead atoms. The zero-order valence-corrected chi connectivity index (χ0v) is 20.8. The minimum Gasteiger partial charge on any atom is -0.339 e. The molecule has 2 aliphatic rings. The summed E-state index contributed by atoms with van der Waals surface area (Å²) in [5, 5.41) is 12.5. The number of nitrogens with one attached hydrogen (secondary N) is 2. The zero-order chi connectivity index (χ0) is 26.2. The molecule has 6 rings (SSSR count). The highest BCUT2D eigenvalue weighted by Crippen LogP contribution is 2.32. The lowest BCUT2D eigenvalue weighted by Gasteiger charge is -2.14. The van der Waals surface area contributed by atoms with Crippen molar-refractivity contribution in [2.45, 2.75) is 31.3 Å². The fourth-order valence-electron chi connectivity index (χ4n) is 5.20. The average Bonchev–Trinajstić information content (AvgIpc) is 3.53. The van der Waals surface area contributed by atoms with Crippen LogP contribution < -0.4 is 27.2 Å². The summed E-state index contributed by atoms with van der Waals surface area (Å²) in [7, 11) is 1.70. The van der Waals surface area contributed by atoms with Crippen molar-refractivity contribution in [3.8, 4) is 11.3 Å². The second-order valence-electron chi connectivity index (χ2n) is 9.53. The monoisotopic (exact) mass is 507 g/mol. The molecule has 38 heavy (non-hydrogen) atoms. The van der Waals surface area contributed by atoms with Crippen LogP contribution in [-0.4, -0.2) is 26.4 Å². The molecule has 0 unspecified atom stereocenters. The maximum absolute atomic E-state index is 13.6. The van der Waals surface area contributed by atoms with Crippen LogP contribution in [0.4, 0.5) is 10.1 Å². The van der Waals surface area contributed by atoms with Gasteiger partial charge in [-0.2, -0.15) is 0 Å². The normalized spacial score (nSPS) is 18.7. The minimum atomic E-state index is -0.344. The number of rotatable bonds is 5. The molecule has 0 amide bonds. The van der Waals surface area contributed by atoms with Gasteiger partial charge in [0.1, 0.15) is 22.3 Å². The highest BCUT2D eigenvalue weighted by molar-refractivity contribution is 5.85. The zero-order valence-electron chi connectivity index (χ0n) is 20.8. The third-order valence-corrected chi connectivity index (χ3v) is 7.11. The maximum atomic E-state index is 13.6. The summed E-state index contributed by atoms with van der Waals surface area (Å²) in [6.45, 7) is 0. The van der Waals surface area contributed by atoms with Crippen molar-refractivity contribution in [1.29, 1.82) is 5.41 Å². The third-order valence-electron chi connectivity index (χ3n) is 7.11. The summed E-state index contributed by atoms with van der Waals surface area (Å²) < 4.78 is 17.0. The van der Waals surface area contributed by atoms with E-state index in [0.29, 0.717) is 11.3 Å². The number of para-hydroxylation sites is 1. The number of halogens is 1. The van der Waals surface area contributed by atoms with E-state index in [2.05, 4.69) is 15.3 Å². The first-order valence-corrected chi connectivity index (χ1v) is 12.6. The lowest BCUT2D eigenvalue weighted by atomic mass is 10.1.